The molecule has 0 saturated carbocycles. The highest BCUT2D eigenvalue weighted by atomic mass is 16.5. The van der Waals surface area contributed by atoms with E-state index in [1.807, 2.05) is 24.4 Å². The van der Waals surface area contributed by atoms with Crippen molar-refractivity contribution < 1.29 is 9.53 Å². The number of carbonyl (C=O) groups is 1. The molecule has 5 nitrogen and oxygen atoms in total. The third kappa shape index (κ3) is 6.79. The first-order valence-electron chi connectivity index (χ1n) is 14.6. The molecule has 2 heterocycles. The summed E-state index contributed by atoms with van der Waals surface area (Å²) in [6.45, 7) is 11.6. The second kappa shape index (κ2) is 13.3. The van der Waals surface area contributed by atoms with Gasteiger partial charge in [0.1, 0.15) is 5.75 Å². The normalized spacial score (nSPS) is 20.2. The highest BCUT2D eigenvalue weighted by molar-refractivity contribution is 6.08. The van der Waals surface area contributed by atoms with Gasteiger partial charge in [0.15, 0.2) is 0 Å². The molecule has 1 aromatic heterocycles. The molecule has 3 aromatic rings. The van der Waals surface area contributed by atoms with Crippen LogP contribution in [0.5, 0.6) is 5.75 Å². The molecule has 1 amide bonds. The van der Waals surface area contributed by atoms with Gasteiger partial charge in [0.2, 0.25) is 0 Å². The molecule has 2 aromatic carbocycles. The van der Waals surface area contributed by atoms with Gasteiger partial charge in [-0.2, -0.15) is 0 Å². The molecule has 0 radical (unpaired) electrons. The highest BCUT2D eigenvalue weighted by Gasteiger charge is 2.31. The van der Waals surface area contributed by atoms with E-state index in [1.54, 1.807) is 7.11 Å². The Morgan fingerprint density at radius 1 is 1.08 bits per heavy atom. The van der Waals surface area contributed by atoms with Gasteiger partial charge in [0.25, 0.3) is 5.91 Å². The minimum Gasteiger partial charge on any atom is -0.495 e. The number of hydrogen-bond acceptors (Lipinski definition) is 3. The van der Waals surface area contributed by atoms with Gasteiger partial charge in [0.05, 0.1) is 18.2 Å². The number of carbonyl (C=O) groups excluding carboxylic acids is 1. The number of methoxy groups -OCH3 is 1. The van der Waals surface area contributed by atoms with Gasteiger partial charge in [-0.05, 0) is 68.9 Å². The molecule has 0 spiro atoms. The van der Waals surface area contributed by atoms with Crippen molar-refractivity contribution in [1.29, 1.82) is 0 Å². The first kappa shape index (κ1) is 28.2. The van der Waals surface area contributed by atoms with E-state index in [-0.39, 0.29) is 5.91 Å². The number of nitrogens with zero attached hydrogens (tertiary/aromatic N) is 2. The van der Waals surface area contributed by atoms with E-state index in [4.69, 9.17) is 4.74 Å². The zero-order chi connectivity index (χ0) is 27.1. The first-order chi connectivity index (χ1) is 18.4. The lowest BCUT2D eigenvalue weighted by molar-refractivity contribution is 0.0537. The number of aryl methyl sites for hydroxylation is 2. The van der Waals surface area contributed by atoms with Crippen LogP contribution in [0.25, 0.3) is 10.9 Å². The van der Waals surface area contributed by atoms with Crippen LogP contribution in [0.2, 0.25) is 0 Å². The predicted molar refractivity (Wildman–Crippen MR) is 158 cm³/mol. The van der Waals surface area contributed by atoms with Crippen LogP contribution in [0.15, 0.2) is 54.7 Å². The van der Waals surface area contributed by atoms with Crippen molar-refractivity contribution in [2.24, 2.45) is 11.8 Å². The van der Waals surface area contributed by atoms with Crippen molar-refractivity contribution in [2.75, 3.05) is 20.2 Å². The van der Waals surface area contributed by atoms with Crippen molar-refractivity contribution in [1.82, 2.24) is 14.8 Å². The molecular weight excluding hydrogens is 470 g/mol. The molecule has 1 aliphatic heterocycles. The first-order valence-corrected chi connectivity index (χ1v) is 14.6. The summed E-state index contributed by atoms with van der Waals surface area (Å²) in [6, 6.07) is 18.2. The molecule has 4 rings (SSSR count). The molecule has 1 fully saturated rings. The second-order valence-electron chi connectivity index (χ2n) is 11.6. The molecule has 3 unspecified atom stereocenters. The molecule has 1 N–H and O–H groups in total. The maximum atomic E-state index is 13.0. The Morgan fingerprint density at radius 2 is 1.87 bits per heavy atom. The Balaban J connectivity index is 1.41. The van der Waals surface area contributed by atoms with Gasteiger partial charge < -0.3 is 14.6 Å². The van der Waals surface area contributed by atoms with Crippen molar-refractivity contribution >= 4 is 16.8 Å². The Bertz CT molecular complexity index is 1170. The zero-order valence-electron chi connectivity index (χ0n) is 24.1. The van der Waals surface area contributed by atoms with Crippen LogP contribution in [-0.2, 0) is 13.0 Å². The van der Waals surface area contributed by atoms with Crippen molar-refractivity contribution in [3.63, 3.8) is 0 Å². The highest BCUT2D eigenvalue weighted by Crippen LogP contribution is 2.33. The zero-order valence-corrected chi connectivity index (χ0v) is 24.1. The summed E-state index contributed by atoms with van der Waals surface area (Å²) in [5.41, 5.74) is 3.21. The maximum Gasteiger partial charge on any atom is 0.253 e. The lowest BCUT2D eigenvalue weighted by Gasteiger charge is -2.44. The van der Waals surface area contributed by atoms with Crippen molar-refractivity contribution in [2.45, 2.75) is 84.8 Å². The van der Waals surface area contributed by atoms with Crippen LogP contribution in [0.1, 0.15) is 75.7 Å². The van der Waals surface area contributed by atoms with Gasteiger partial charge in [0, 0.05) is 43.3 Å². The molecule has 3 atom stereocenters. The molecule has 5 heteroatoms. The Hall–Kier alpha value is -2.79. The fraction of sp³-hybridized carbons (Fsp3) is 0.545. The van der Waals surface area contributed by atoms with E-state index >= 15 is 0 Å². The molecular formula is C33H47N3O2. The number of likely N-dealkylation sites (tertiary alicyclic amines) is 1. The van der Waals surface area contributed by atoms with Crippen LogP contribution in [-0.4, -0.2) is 47.7 Å². The topological polar surface area (TPSA) is 46.5 Å². The number of amides is 1. The number of hydrogen-bond donors (Lipinski definition) is 1. The quantitative estimate of drug-likeness (QED) is 0.283. The molecule has 1 saturated heterocycles. The SMILES string of the molecule is CCC1CC(CCc2ccccc2)CC(C)N1CCCn1cc(C(=O)NCC(C)C)c2cccc(OC)c21. The summed E-state index contributed by atoms with van der Waals surface area (Å²) >= 11 is 0. The summed E-state index contributed by atoms with van der Waals surface area (Å²) in [7, 11) is 1.71. The maximum absolute atomic E-state index is 13.0. The number of piperidine rings is 1. The van der Waals surface area contributed by atoms with Crippen molar-refractivity contribution in [3.05, 3.63) is 65.9 Å². The van der Waals surface area contributed by atoms with Gasteiger partial charge in [-0.3, -0.25) is 9.69 Å². The minimum atomic E-state index is -0.00653. The van der Waals surface area contributed by atoms with Crippen molar-refractivity contribution in [3.8, 4) is 5.75 Å². The number of nitrogens with one attached hydrogen (secondary N) is 1. The summed E-state index contributed by atoms with van der Waals surface area (Å²) in [5, 5.41) is 4.05. The molecule has 38 heavy (non-hydrogen) atoms. The van der Waals surface area contributed by atoms with E-state index in [0.29, 0.717) is 24.5 Å². The number of ether oxygens (including phenoxy) is 1. The van der Waals surface area contributed by atoms with E-state index in [1.165, 1.54) is 37.7 Å². The monoisotopic (exact) mass is 517 g/mol. The second-order valence-corrected chi connectivity index (χ2v) is 11.6. The van der Waals surface area contributed by atoms with Gasteiger partial charge in [-0.15, -0.1) is 0 Å². The lowest BCUT2D eigenvalue weighted by Crippen LogP contribution is -2.48. The molecule has 206 valence electrons. The Kier molecular flexibility index (Phi) is 9.90. The van der Waals surface area contributed by atoms with Crippen LogP contribution in [0.3, 0.4) is 0 Å². The van der Waals surface area contributed by atoms with E-state index in [9.17, 15) is 4.79 Å². The van der Waals surface area contributed by atoms with Gasteiger partial charge in [-0.25, -0.2) is 0 Å². The van der Waals surface area contributed by atoms with Gasteiger partial charge in [-0.1, -0.05) is 63.2 Å². The Morgan fingerprint density at radius 3 is 2.58 bits per heavy atom. The van der Waals surface area contributed by atoms with Crippen LogP contribution >= 0.6 is 0 Å². The standard InChI is InChI=1S/C33H47N3O2/c1-6-28-21-27(17-16-26-12-8-7-9-13-26)20-25(4)36(28)19-11-18-35-23-30(33(37)34-22-24(2)3)29-14-10-15-31(38-5)32(29)35/h7-10,12-15,23-25,27-28H,6,11,16-22H2,1-5H3,(H,34,37). The Labute approximate surface area is 229 Å². The number of rotatable bonds is 12. The largest absolute Gasteiger partial charge is 0.495 e. The predicted octanol–water partition coefficient (Wildman–Crippen LogP) is 6.94. The smallest absolute Gasteiger partial charge is 0.253 e. The average Bonchev–Trinajstić information content (AvgIpc) is 3.30. The fourth-order valence-electron chi connectivity index (χ4n) is 6.31. The molecule has 0 aliphatic carbocycles. The summed E-state index contributed by atoms with van der Waals surface area (Å²) in [4.78, 5) is 15.8. The van der Waals surface area contributed by atoms with Gasteiger partial charge >= 0.3 is 0 Å². The molecule has 1 aliphatic rings. The van der Waals surface area contributed by atoms with Crippen LogP contribution in [0, 0.1) is 11.8 Å². The summed E-state index contributed by atoms with van der Waals surface area (Å²) in [5.74, 6) is 2.03. The third-order valence-corrected chi connectivity index (χ3v) is 8.28. The van der Waals surface area contributed by atoms with Crippen LogP contribution < -0.4 is 10.1 Å². The number of para-hydroxylation sites is 1. The fourth-order valence-corrected chi connectivity index (χ4v) is 6.31. The average molecular weight is 518 g/mol. The number of aromatic nitrogens is 1. The van der Waals surface area contributed by atoms with E-state index < -0.39 is 0 Å². The minimum absolute atomic E-state index is 0.00653. The van der Waals surface area contributed by atoms with Crippen LogP contribution in [0.4, 0.5) is 0 Å². The third-order valence-electron chi connectivity index (χ3n) is 8.28. The number of fused-ring (bicyclic) bond motifs is 1. The van der Waals surface area contributed by atoms with E-state index in [2.05, 4.69) is 72.8 Å². The summed E-state index contributed by atoms with van der Waals surface area (Å²) < 4.78 is 7.94. The van der Waals surface area contributed by atoms with E-state index in [0.717, 1.165) is 47.6 Å². The summed E-state index contributed by atoms with van der Waals surface area (Å²) in [6.07, 6.45) is 9.33. The lowest BCUT2D eigenvalue weighted by atomic mass is 9.82. The molecule has 0 bridgehead atoms. The number of benzene rings is 2.